The molecule has 0 unspecified atom stereocenters. The molecule has 1 saturated heterocycles. The number of morpholine rings is 1. The van der Waals surface area contributed by atoms with Gasteiger partial charge in [-0.25, -0.2) is 4.98 Å². The SMILES string of the molecule is CNC(=O)c1nnc(Nc2ccc(C#N)nc2)cc1OC[C@@H]1CNCCO1.S. The first-order valence-electron chi connectivity index (χ1n) is 8.37. The van der Waals surface area contributed by atoms with Crippen LogP contribution in [0.4, 0.5) is 11.5 Å². The van der Waals surface area contributed by atoms with E-state index in [-0.39, 0.29) is 31.9 Å². The van der Waals surface area contributed by atoms with Gasteiger partial charge in [-0.2, -0.15) is 18.8 Å². The van der Waals surface area contributed by atoms with Gasteiger partial charge in [0.2, 0.25) is 0 Å². The lowest BCUT2D eigenvalue weighted by Crippen LogP contribution is -2.41. The standard InChI is InChI=1S/C17H19N7O3.H2S/c1-19-17(25)16-14(27-10-13-9-20-4-5-26-13)6-15(23-24-16)22-12-3-2-11(7-18)21-8-12;/h2-3,6,8,13,20H,4-5,9-10H2,1H3,(H,19,25)(H,22,23);1H2/t13-;/m0./s1. The lowest BCUT2D eigenvalue weighted by Gasteiger charge is -2.24. The molecule has 0 radical (unpaired) electrons. The van der Waals surface area contributed by atoms with E-state index in [1.54, 1.807) is 18.2 Å². The molecular weight excluding hydrogens is 382 g/mol. The van der Waals surface area contributed by atoms with Crippen molar-refractivity contribution in [1.82, 2.24) is 25.8 Å². The molecule has 0 spiro atoms. The largest absolute Gasteiger partial charge is 0.488 e. The van der Waals surface area contributed by atoms with Crippen molar-refractivity contribution < 1.29 is 14.3 Å². The Labute approximate surface area is 169 Å². The van der Waals surface area contributed by atoms with Gasteiger partial charge in [-0.15, -0.1) is 10.2 Å². The first kappa shape index (κ1) is 21.4. The highest BCUT2D eigenvalue weighted by atomic mass is 32.1. The number of carbonyl (C=O) groups is 1. The maximum Gasteiger partial charge on any atom is 0.275 e. The molecule has 0 aliphatic carbocycles. The Bertz CT molecular complexity index is 836. The monoisotopic (exact) mass is 403 g/mol. The van der Waals surface area contributed by atoms with Gasteiger partial charge >= 0.3 is 0 Å². The van der Waals surface area contributed by atoms with Crippen molar-refractivity contribution in [3.05, 3.63) is 35.8 Å². The minimum Gasteiger partial charge on any atom is -0.488 e. The molecule has 10 nitrogen and oxygen atoms in total. The van der Waals surface area contributed by atoms with E-state index >= 15 is 0 Å². The Hall–Kier alpha value is -2.94. The zero-order valence-electron chi connectivity index (χ0n) is 15.2. The molecule has 148 valence electrons. The Morgan fingerprint density at radius 2 is 2.32 bits per heavy atom. The van der Waals surface area contributed by atoms with Crippen LogP contribution in [-0.2, 0) is 4.74 Å². The maximum atomic E-state index is 12.0. The summed E-state index contributed by atoms with van der Waals surface area (Å²) >= 11 is 0. The number of hydrogen-bond donors (Lipinski definition) is 3. The molecule has 1 amide bonds. The molecule has 1 fully saturated rings. The van der Waals surface area contributed by atoms with Gasteiger partial charge in [0.25, 0.3) is 5.91 Å². The fourth-order valence-electron chi connectivity index (χ4n) is 2.41. The van der Waals surface area contributed by atoms with E-state index in [1.165, 1.54) is 13.2 Å². The molecule has 0 bridgehead atoms. The molecule has 11 heteroatoms. The highest BCUT2D eigenvalue weighted by Crippen LogP contribution is 2.22. The Kier molecular flexibility index (Phi) is 7.94. The second-order valence-corrected chi connectivity index (χ2v) is 5.70. The van der Waals surface area contributed by atoms with Gasteiger partial charge in [-0.3, -0.25) is 4.79 Å². The van der Waals surface area contributed by atoms with Crippen LogP contribution in [0.15, 0.2) is 24.4 Å². The third kappa shape index (κ3) is 5.53. The van der Waals surface area contributed by atoms with Crippen LogP contribution in [0, 0.1) is 11.3 Å². The normalized spacial score (nSPS) is 15.6. The zero-order chi connectivity index (χ0) is 19.1. The summed E-state index contributed by atoms with van der Waals surface area (Å²) < 4.78 is 11.4. The summed E-state index contributed by atoms with van der Waals surface area (Å²) in [5, 5.41) is 25.5. The van der Waals surface area contributed by atoms with Crippen LogP contribution in [0.3, 0.4) is 0 Å². The number of nitriles is 1. The number of amides is 1. The number of pyridine rings is 1. The van der Waals surface area contributed by atoms with Crippen molar-refractivity contribution >= 4 is 30.9 Å². The maximum absolute atomic E-state index is 12.0. The third-order valence-electron chi connectivity index (χ3n) is 3.78. The number of ether oxygens (including phenoxy) is 2. The van der Waals surface area contributed by atoms with Gasteiger partial charge in [-0.1, -0.05) is 0 Å². The third-order valence-corrected chi connectivity index (χ3v) is 3.78. The van der Waals surface area contributed by atoms with Gasteiger partial charge < -0.3 is 25.4 Å². The van der Waals surface area contributed by atoms with Gasteiger partial charge in [0.1, 0.15) is 24.5 Å². The second-order valence-electron chi connectivity index (χ2n) is 5.70. The highest BCUT2D eigenvalue weighted by Gasteiger charge is 2.19. The molecule has 1 aliphatic rings. The minimum atomic E-state index is -0.397. The fraction of sp³-hybridized carbons (Fsp3) is 0.353. The summed E-state index contributed by atoms with van der Waals surface area (Å²) in [6.07, 6.45) is 1.40. The fourth-order valence-corrected chi connectivity index (χ4v) is 2.41. The number of aromatic nitrogens is 3. The van der Waals surface area contributed by atoms with Crippen molar-refractivity contribution in [1.29, 1.82) is 5.26 Å². The van der Waals surface area contributed by atoms with E-state index < -0.39 is 5.91 Å². The number of carbonyl (C=O) groups excluding carboxylic acids is 1. The van der Waals surface area contributed by atoms with Gasteiger partial charge in [0, 0.05) is 26.2 Å². The Morgan fingerprint density at radius 1 is 1.46 bits per heavy atom. The summed E-state index contributed by atoms with van der Waals surface area (Å²) in [6.45, 7) is 2.38. The quantitative estimate of drug-likeness (QED) is 0.623. The lowest BCUT2D eigenvalue weighted by atomic mass is 10.3. The van der Waals surface area contributed by atoms with Crippen molar-refractivity contribution in [3.63, 3.8) is 0 Å². The molecule has 28 heavy (non-hydrogen) atoms. The van der Waals surface area contributed by atoms with Crippen LogP contribution >= 0.6 is 13.5 Å². The molecule has 1 aliphatic heterocycles. The summed E-state index contributed by atoms with van der Waals surface area (Å²) in [5.74, 6) is 0.279. The Morgan fingerprint density at radius 3 is 2.96 bits per heavy atom. The van der Waals surface area contributed by atoms with Crippen LogP contribution in [-0.4, -0.2) is 60.5 Å². The van der Waals surface area contributed by atoms with Crippen molar-refractivity contribution in [3.8, 4) is 11.8 Å². The molecule has 3 heterocycles. The van der Waals surface area contributed by atoms with Crippen LogP contribution in [0.5, 0.6) is 5.75 Å². The van der Waals surface area contributed by atoms with E-state index in [1.807, 2.05) is 6.07 Å². The van der Waals surface area contributed by atoms with E-state index in [2.05, 4.69) is 31.1 Å². The summed E-state index contributed by atoms with van der Waals surface area (Å²) in [5.41, 5.74) is 1.03. The van der Waals surface area contributed by atoms with Crippen LogP contribution < -0.4 is 20.7 Å². The van der Waals surface area contributed by atoms with E-state index in [0.717, 1.165) is 6.54 Å². The van der Waals surface area contributed by atoms with Gasteiger partial charge in [0.15, 0.2) is 17.3 Å². The van der Waals surface area contributed by atoms with Gasteiger partial charge in [-0.05, 0) is 12.1 Å². The number of nitrogens with zero attached hydrogens (tertiary/aromatic N) is 4. The van der Waals surface area contributed by atoms with Crippen LogP contribution in [0.25, 0.3) is 0 Å². The predicted molar refractivity (Wildman–Crippen MR) is 106 cm³/mol. The highest BCUT2D eigenvalue weighted by molar-refractivity contribution is 7.59. The van der Waals surface area contributed by atoms with E-state index in [4.69, 9.17) is 14.7 Å². The number of rotatable bonds is 6. The first-order chi connectivity index (χ1) is 13.2. The average molecular weight is 403 g/mol. The number of hydrogen-bond acceptors (Lipinski definition) is 9. The number of anilines is 2. The van der Waals surface area contributed by atoms with E-state index in [9.17, 15) is 4.79 Å². The van der Waals surface area contributed by atoms with Crippen molar-refractivity contribution in [2.24, 2.45) is 0 Å². The topological polar surface area (TPSA) is 134 Å². The molecule has 1 atom stereocenters. The van der Waals surface area contributed by atoms with E-state index in [0.29, 0.717) is 36.1 Å². The summed E-state index contributed by atoms with van der Waals surface area (Å²) in [6, 6.07) is 6.82. The molecule has 3 N–H and O–H groups in total. The first-order valence-corrected chi connectivity index (χ1v) is 8.37. The average Bonchev–Trinajstić information content (AvgIpc) is 2.73. The second kappa shape index (κ2) is 10.4. The number of nitrogens with one attached hydrogen (secondary N) is 3. The molecular formula is C17H21N7O3S. The lowest BCUT2D eigenvalue weighted by molar-refractivity contribution is -0.0000825. The summed E-state index contributed by atoms with van der Waals surface area (Å²) in [4.78, 5) is 16.0. The molecule has 0 saturated carbocycles. The van der Waals surface area contributed by atoms with Crippen LogP contribution in [0.2, 0.25) is 0 Å². The summed E-state index contributed by atoms with van der Waals surface area (Å²) in [7, 11) is 1.51. The molecule has 2 aromatic rings. The van der Waals surface area contributed by atoms with Crippen molar-refractivity contribution in [2.75, 3.05) is 38.7 Å². The molecule has 3 rings (SSSR count). The van der Waals surface area contributed by atoms with Crippen LogP contribution in [0.1, 0.15) is 16.2 Å². The molecule has 0 aromatic carbocycles. The minimum absolute atomic E-state index is 0. The predicted octanol–water partition coefficient (Wildman–Crippen LogP) is 0.326. The Balaban J connectivity index is 0.00000280. The molecule has 2 aromatic heterocycles. The van der Waals surface area contributed by atoms with Crippen molar-refractivity contribution in [2.45, 2.75) is 6.10 Å². The van der Waals surface area contributed by atoms with Gasteiger partial charge in [0.05, 0.1) is 18.5 Å². The zero-order valence-corrected chi connectivity index (χ0v) is 16.2. The smallest absolute Gasteiger partial charge is 0.275 e.